The molecule has 0 aromatic carbocycles. The van der Waals surface area contributed by atoms with Crippen molar-refractivity contribution in [2.75, 3.05) is 31.2 Å². The number of ketones is 1. The van der Waals surface area contributed by atoms with Crippen molar-refractivity contribution >= 4 is 11.7 Å². The van der Waals surface area contributed by atoms with Gasteiger partial charge >= 0.3 is 0 Å². The second-order valence-electron chi connectivity index (χ2n) is 5.18. The molecule has 0 radical (unpaired) electrons. The van der Waals surface area contributed by atoms with Crippen molar-refractivity contribution < 1.29 is 14.1 Å². The summed E-state index contributed by atoms with van der Waals surface area (Å²) in [6, 6.07) is 0. The molecule has 2 aliphatic rings. The van der Waals surface area contributed by atoms with Crippen molar-refractivity contribution in [2.24, 2.45) is 0 Å². The topological polar surface area (TPSA) is 68.5 Å². The van der Waals surface area contributed by atoms with Crippen LogP contribution in [0.4, 0.5) is 5.95 Å². The van der Waals surface area contributed by atoms with Crippen molar-refractivity contribution in [3.8, 4) is 0 Å². The van der Waals surface area contributed by atoms with Gasteiger partial charge in [0, 0.05) is 19.5 Å². The van der Waals surface area contributed by atoms with Crippen LogP contribution in [0, 0.1) is 0 Å². The molecular weight excluding hydrogens is 246 g/mol. The lowest BCUT2D eigenvalue weighted by Gasteiger charge is -2.18. The van der Waals surface area contributed by atoms with Gasteiger partial charge in [0.2, 0.25) is 5.89 Å². The summed E-state index contributed by atoms with van der Waals surface area (Å²) in [6.45, 7) is 2.80. The zero-order chi connectivity index (χ0) is 13.1. The minimum atomic E-state index is -0.373. The number of anilines is 1. The highest BCUT2D eigenvalue weighted by molar-refractivity contribution is 5.85. The molecule has 1 unspecified atom stereocenters. The largest absolute Gasteiger partial charge is 0.380 e. The molecule has 0 saturated carbocycles. The van der Waals surface area contributed by atoms with Gasteiger partial charge in [-0.15, -0.1) is 0 Å². The van der Waals surface area contributed by atoms with Gasteiger partial charge in [0.05, 0.1) is 13.2 Å². The molecule has 6 nitrogen and oxygen atoms in total. The fourth-order valence-corrected chi connectivity index (χ4v) is 2.62. The summed E-state index contributed by atoms with van der Waals surface area (Å²) < 4.78 is 10.6. The van der Waals surface area contributed by atoms with Crippen molar-refractivity contribution in [3.63, 3.8) is 0 Å². The zero-order valence-electron chi connectivity index (χ0n) is 11.0. The Hall–Kier alpha value is -1.43. The maximum atomic E-state index is 11.8. The second-order valence-corrected chi connectivity index (χ2v) is 5.18. The first-order valence-electron chi connectivity index (χ1n) is 7.03. The molecule has 2 aliphatic heterocycles. The summed E-state index contributed by atoms with van der Waals surface area (Å²) in [4.78, 5) is 18.4. The molecule has 3 rings (SSSR count). The Kier molecular flexibility index (Phi) is 3.77. The summed E-state index contributed by atoms with van der Waals surface area (Å²) in [6.07, 6.45) is 5.28. The number of hydrogen-bond donors (Lipinski definition) is 0. The van der Waals surface area contributed by atoms with Crippen molar-refractivity contribution in [2.45, 2.75) is 38.0 Å². The number of carbonyl (C=O) groups is 1. The predicted octanol–water partition coefficient (Wildman–Crippen LogP) is 1.52. The highest BCUT2D eigenvalue weighted by Gasteiger charge is 2.30. The van der Waals surface area contributed by atoms with Crippen LogP contribution in [0.25, 0.3) is 0 Å². The molecule has 1 atom stereocenters. The summed E-state index contributed by atoms with van der Waals surface area (Å²) in [7, 11) is 0. The van der Waals surface area contributed by atoms with E-state index in [9.17, 15) is 4.79 Å². The minimum Gasteiger partial charge on any atom is -0.380 e. The Morgan fingerprint density at radius 3 is 2.68 bits per heavy atom. The maximum absolute atomic E-state index is 11.8. The van der Waals surface area contributed by atoms with Crippen LogP contribution in [-0.4, -0.2) is 42.2 Å². The molecule has 104 valence electrons. The fraction of sp³-hybridized carbons (Fsp3) is 0.769. The average molecular weight is 265 g/mol. The predicted molar refractivity (Wildman–Crippen MR) is 68.2 cm³/mol. The van der Waals surface area contributed by atoms with E-state index < -0.39 is 0 Å². The third-order valence-electron chi connectivity index (χ3n) is 3.78. The summed E-state index contributed by atoms with van der Waals surface area (Å²) in [5.74, 6) is 0.790. The molecule has 3 heterocycles. The second kappa shape index (κ2) is 5.69. The monoisotopic (exact) mass is 265 g/mol. The highest BCUT2D eigenvalue weighted by Crippen LogP contribution is 2.24. The Balaban J connectivity index is 1.72. The quantitative estimate of drug-likeness (QED) is 0.807. The van der Waals surface area contributed by atoms with E-state index in [1.165, 1.54) is 12.8 Å². The van der Waals surface area contributed by atoms with Gasteiger partial charge in [0.1, 0.15) is 11.7 Å². The number of hydrogen-bond acceptors (Lipinski definition) is 6. The van der Waals surface area contributed by atoms with E-state index in [4.69, 9.17) is 9.26 Å². The number of aromatic nitrogens is 2. The highest BCUT2D eigenvalue weighted by atomic mass is 16.5. The van der Waals surface area contributed by atoms with E-state index in [-0.39, 0.29) is 11.7 Å². The van der Waals surface area contributed by atoms with E-state index in [0.29, 0.717) is 31.5 Å². The Labute approximate surface area is 112 Å². The molecular formula is C13H19N3O3. The van der Waals surface area contributed by atoms with Crippen LogP contribution < -0.4 is 4.90 Å². The van der Waals surface area contributed by atoms with Crippen LogP contribution in [0.2, 0.25) is 0 Å². The average Bonchev–Trinajstić information content (AvgIpc) is 2.75. The standard InChI is InChI=1S/C13H19N3O3/c17-11-5-8-18-9-10(11)12-14-13(15-19-12)16-6-3-1-2-4-7-16/h10H,1-9H2. The lowest BCUT2D eigenvalue weighted by molar-refractivity contribution is -0.127. The van der Waals surface area contributed by atoms with Crippen molar-refractivity contribution in [1.29, 1.82) is 0 Å². The lowest BCUT2D eigenvalue weighted by Crippen LogP contribution is -2.27. The van der Waals surface area contributed by atoms with Gasteiger partial charge in [-0.2, -0.15) is 4.98 Å². The molecule has 2 fully saturated rings. The van der Waals surface area contributed by atoms with Gasteiger partial charge in [-0.05, 0) is 18.0 Å². The third kappa shape index (κ3) is 2.78. The summed E-state index contributed by atoms with van der Waals surface area (Å²) in [5, 5.41) is 4.02. The first-order chi connectivity index (χ1) is 9.34. The van der Waals surface area contributed by atoms with Crippen LogP contribution >= 0.6 is 0 Å². The van der Waals surface area contributed by atoms with Gasteiger partial charge in [-0.25, -0.2) is 0 Å². The molecule has 2 saturated heterocycles. The Morgan fingerprint density at radius 1 is 1.16 bits per heavy atom. The number of rotatable bonds is 2. The number of ether oxygens (including phenoxy) is 1. The van der Waals surface area contributed by atoms with Crippen molar-refractivity contribution in [3.05, 3.63) is 5.89 Å². The fourth-order valence-electron chi connectivity index (χ4n) is 2.62. The van der Waals surface area contributed by atoms with Gasteiger partial charge < -0.3 is 14.2 Å². The molecule has 19 heavy (non-hydrogen) atoms. The number of nitrogens with zero attached hydrogens (tertiary/aromatic N) is 3. The van der Waals surface area contributed by atoms with E-state index in [1.54, 1.807) is 0 Å². The van der Waals surface area contributed by atoms with Gasteiger partial charge in [0.15, 0.2) is 0 Å². The molecule has 6 heteroatoms. The first kappa shape index (κ1) is 12.6. The first-order valence-corrected chi connectivity index (χ1v) is 7.03. The van der Waals surface area contributed by atoms with Crippen LogP contribution in [0.15, 0.2) is 4.52 Å². The minimum absolute atomic E-state index is 0.136. The Bertz CT molecular complexity index is 438. The summed E-state index contributed by atoms with van der Waals surface area (Å²) >= 11 is 0. The smallest absolute Gasteiger partial charge is 0.266 e. The molecule has 0 aliphatic carbocycles. The third-order valence-corrected chi connectivity index (χ3v) is 3.78. The van der Waals surface area contributed by atoms with Crippen LogP contribution in [0.3, 0.4) is 0 Å². The van der Waals surface area contributed by atoms with Crippen LogP contribution in [-0.2, 0) is 9.53 Å². The number of Topliss-reactive ketones (excluding diaryl/α,β-unsaturated/α-hetero) is 1. The van der Waals surface area contributed by atoms with Crippen LogP contribution in [0.5, 0.6) is 0 Å². The zero-order valence-corrected chi connectivity index (χ0v) is 11.0. The Morgan fingerprint density at radius 2 is 1.95 bits per heavy atom. The van der Waals surface area contributed by atoms with E-state index in [1.807, 2.05) is 0 Å². The molecule has 0 bridgehead atoms. The van der Waals surface area contributed by atoms with E-state index in [2.05, 4.69) is 15.0 Å². The lowest BCUT2D eigenvalue weighted by atomic mass is 10.0. The molecule has 1 aromatic heterocycles. The van der Waals surface area contributed by atoms with Gasteiger partial charge in [-0.1, -0.05) is 12.8 Å². The van der Waals surface area contributed by atoms with Crippen LogP contribution in [0.1, 0.15) is 43.9 Å². The van der Waals surface area contributed by atoms with E-state index >= 15 is 0 Å². The van der Waals surface area contributed by atoms with E-state index in [0.717, 1.165) is 25.9 Å². The van der Waals surface area contributed by atoms with Gasteiger partial charge in [-0.3, -0.25) is 4.79 Å². The maximum Gasteiger partial charge on any atom is 0.266 e. The molecule has 0 amide bonds. The SMILES string of the molecule is O=C1CCOCC1c1nc(N2CCCCCC2)no1. The van der Waals surface area contributed by atoms with Gasteiger partial charge in [0.25, 0.3) is 5.95 Å². The van der Waals surface area contributed by atoms with Crippen molar-refractivity contribution in [1.82, 2.24) is 10.1 Å². The number of carbonyl (C=O) groups excluding carboxylic acids is 1. The summed E-state index contributed by atoms with van der Waals surface area (Å²) in [5.41, 5.74) is 0. The molecule has 0 N–H and O–H groups in total. The normalized spacial score (nSPS) is 25.4. The molecule has 0 spiro atoms. The molecule has 1 aromatic rings.